The lowest BCUT2D eigenvalue weighted by Crippen LogP contribution is -2.41. The van der Waals surface area contributed by atoms with Crippen molar-refractivity contribution in [2.75, 3.05) is 13.1 Å². The first kappa shape index (κ1) is 25.0. The molecule has 0 radical (unpaired) electrons. The summed E-state index contributed by atoms with van der Waals surface area (Å²) in [5.41, 5.74) is 3.17. The van der Waals surface area contributed by atoms with Crippen LogP contribution in [0.4, 0.5) is 4.39 Å². The van der Waals surface area contributed by atoms with Crippen LogP contribution in [0.5, 0.6) is 5.75 Å². The molecule has 2 aliphatic rings. The molecule has 194 valence electrons. The van der Waals surface area contributed by atoms with Crippen molar-refractivity contribution in [2.45, 2.75) is 52.2 Å². The first-order valence-electron chi connectivity index (χ1n) is 12.9. The number of benzene rings is 2. The van der Waals surface area contributed by atoms with Crippen molar-refractivity contribution in [1.82, 2.24) is 15.2 Å². The Labute approximate surface area is 216 Å². The fourth-order valence-corrected chi connectivity index (χ4v) is 4.70. The lowest BCUT2D eigenvalue weighted by atomic mass is 9.87. The number of aromatic nitrogens is 1. The zero-order valence-electron chi connectivity index (χ0n) is 21.2. The summed E-state index contributed by atoms with van der Waals surface area (Å²) in [6.45, 7) is 5.38. The summed E-state index contributed by atoms with van der Waals surface area (Å²) < 4.78 is 25.1. The van der Waals surface area contributed by atoms with Crippen molar-refractivity contribution in [3.05, 3.63) is 82.8 Å². The van der Waals surface area contributed by atoms with Crippen molar-refractivity contribution in [2.24, 2.45) is 11.8 Å². The van der Waals surface area contributed by atoms with E-state index in [1.807, 2.05) is 36.9 Å². The van der Waals surface area contributed by atoms with Crippen LogP contribution in [0.15, 0.2) is 53.1 Å². The molecule has 37 heavy (non-hydrogen) atoms. The SMILES string of the molecule is CC(C)CC(=O)N1CCc2ccc(OCc3nc(C(=O)NCC4CC4)co3)cc2[C@@H]1c1ccc(F)cc1. The number of carbonyl (C=O) groups is 2. The second kappa shape index (κ2) is 10.7. The molecule has 0 bridgehead atoms. The third kappa shape index (κ3) is 6.01. The number of halogens is 1. The van der Waals surface area contributed by atoms with E-state index in [0.717, 1.165) is 36.0 Å². The van der Waals surface area contributed by atoms with Gasteiger partial charge in [0.05, 0.1) is 6.04 Å². The van der Waals surface area contributed by atoms with Crippen LogP contribution in [0.3, 0.4) is 0 Å². The summed E-state index contributed by atoms with van der Waals surface area (Å²) in [5.74, 6) is 1.23. The van der Waals surface area contributed by atoms with Crippen LogP contribution in [-0.2, 0) is 17.8 Å². The van der Waals surface area contributed by atoms with E-state index in [2.05, 4.69) is 10.3 Å². The van der Waals surface area contributed by atoms with Crippen LogP contribution in [0.25, 0.3) is 0 Å². The standard InChI is InChI=1S/C29H32FN3O4/c1-18(2)13-27(34)33-12-11-20-7-10-23(14-24(20)28(33)21-5-8-22(30)9-6-21)36-17-26-32-25(16-37-26)29(35)31-15-19-3-4-19/h5-10,14,16,18-19,28H,3-4,11-13,15,17H2,1-2H3,(H,31,35)/t28-/m0/s1. The molecule has 1 aliphatic heterocycles. The number of fused-ring (bicyclic) bond motifs is 1. The quantitative estimate of drug-likeness (QED) is 0.440. The van der Waals surface area contributed by atoms with Crippen LogP contribution in [-0.4, -0.2) is 34.8 Å². The second-order valence-electron chi connectivity index (χ2n) is 10.3. The molecule has 1 N–H and O–H groups in total. The minimum atomic E-state index is -0.331. The summed E-state index contributed by atoms with van der Waals surface area (Å²) in [4.78, 5) is 31.6. The van der Waals surface area contributed by atoms with Gasteiger partial charge in [-0.25, -0.2) is 9.37 Å². The zero-order chi connectivity index (χ0) is 25.9. The zero-order valence-corrected chi connectivity index (χ0v) is 21.2. The van der Waals surface area contributed by atoms with Gasteiger partial charge in [-0.05, 0) is 72.1 Å². The number of hydrogen-bond donors (Lipinski definition) is 1. The van der Waals surface area contributed by atoms with Gasteiger partial charge >= 0.3 is 0 Å². The van der Waals surface area contributed by atoms with Crippen molar-refractivity contribution in [3.8, 4) is 5.75 Å². The molecule has 1 aliphatic carbocycles. The Kier molecular flexibility index (Phi) is 7.26. The highest BCUT2D eigenvalue weighted by Crippen LogP contribution is 2.38. The summed E-state index contributed by atoms with van der Waals surface area (Å²) in [7, 11) is 0. The molecule has 2 heterocycles. The van der Waals surface area contributed by atoms with Crippen molar-refractivity contribution < 1.29 is 23.1 Å². The number of oxazole rings is 1. The summed E-state index contributed by atoms with van der Waals surface area (Å²) in [6.07, 6.45) is 4.84. The third-order valence-electron chi connectivity index (χ3n) is 6.83. The maximum absolute atomic E-state index is 13.7. The number of rotatable bonds is 9. The Hall–Kier alpha value is -3.68. The van der Waals surface area contributed by atoms with Gasteiger partial charge in [-0.3, -0.25) is 9.59 Å². The Balaban J connectivity index is 1.34. The van der Waals surface area contributed by atoms with E-state index >= 15 is 0 Å². The molecule has 2 amide bonds. The van der Waals surface area contributed by atoms with E-state index in [1.54, 1.807) is 12.1 Å². The molecule has 1 aromatic heterocycles. The monoisotopic (exact) mass is 505 g/mol. The number of ether oxygens (including phenoxy) is 1. The minimum Gasteiger partial charge on any atom is -0.484 e. The lowest BCUT2D eigenvalue weighted by Gasteiger charge is -2.38. The Morgan fingerprint density at radius 2 is 1.97 bits per heavy atom. The molecule has 2 aromatic carbocycles. The summed E-state index contributed by atoms with van der Waals surface area (Å²) in [5, 5.41) is 2.87. The Morgan fingerprint density at radius 3 is 2.70 bits per heavy atom. The average molecular weight is 506 g/mol. The molecule has 5 rings (SSSR count). The topological polar surface area (TPSA) is 84.7 Å². The average Bonchev–Trinajstić information content (AvgIpc) is 3.60. The number of nitrogens with one attached hydrogen (secondary N) is 1. The smallest absolute Gasteiger partial charge is 0.273 e. The molecule has 0 spiro atoms. The van der Waals surface area contributed by atoms with Gasteiger partial charge in [-0.1, -0.05) is 32.0 Å². The second-order valence-corrected chi connectivity index (χ2v) is 10.3. The molecule has 7 nitrogen and oxygen atoms in total. The van der Waals surface area contributed by atoms with Gasteiger partial charge in [0, 0.05) is 19.5 Å². The van der Waals surface area contributed by atoms with Crippen LogP contribution in [0.2, 0.25) is 0 Å². The van der Waals surface area contributed by atoms with Gasteiger partial charge in [0.1, 0.15) is 17.8 Å². The number of nitrogens with zero attached hydrogens (tertiary/aromatic N) is 2. The van der Waals surface area contributed by atoms with E-state index in [1.165, 1.54) is 18.4 Å². The van der Waals surface area contributed by atoms with Crippen LogP contribution in [0, 0.1) is 17.7 Å². The fraction of sp³-hybridized carbons (Fsp3) is 0.414. The third-order valence-corrected chi connectivity index (χ3v) is 6.83. The number of carbonyl (C=O) groups excluding carboxylic acids is 2. The van der Waals surface area contributed by atoms with E-state index in [9.17, 15) is 14.0 Å². The van der Waals surface area contributed by atoms with Gasteiger partial charge in [0.25, 0.3) is 5.91 Å². The van der Waals surface area contributed by atoms with Gasteiger partial charge in [0.2, 0.25) is 11.8 Å². The molecule has 3 aromatic rings. The highest BCUT2D eigenvalue weighted by molar-refractivity contribution is 5.91. The maximum Gasteiger partial charge on any atom is 0.273 e. The summed E-state index contributed by atoms with van der Waals surface area (Å²) >= 11 is 0. The fourth-order valence-electron chi connectivity index (χ4n) is 4.70. The van der Waals surface area contributed by atoms with E-state index in [4.69, 9.17) is 9.15 Å². The molecule has 8 heteroatoms. The molecule has 0 unspecified atom stereocenters. The van der Waals surface area contributed by atoms with Crippen molar-refractivity contribution >= 4 is 11.8 Å². The highest BCUT2D eigenvalue weighted by Gasteiger charge is 2.32. The predicted octanol–water partition coefficient (Wildman–Crippen LogP) is 5.05. The van der Waals surface area contributed by atoms with Crippen molar-refractivity contribution in [1.29, 1.82) is 0 Å². The van der Waals surface area contributed by atoms with Crippen LogP contribution in [0.1, 0.15) is 72.2 Å². The van der Waals surface area contributed by atoms with Gasteiger partial charge in [-0.15, -0.1) is 0 Å². The van der Waals surface area contributed by atoms with Gasteiger partial charge in [0.15, 0.2) is 12.3 Å². The van der Waals surface area contributed by atoms with E-state index < -0.39 is 0 Å². The Morgan fingerprint density at radius 1 is 1.19 bits per heavy atom. The number of hydrogen-bond acceptors (Lipinski definition) is 5. The molecule has 1 atom stereocenters. The predicted molar refractivity (Wildman–Crippen MR) is 135 cm³/mol. The van der Waals surface area contributed by atoms with E-state index in [0.29, 0.717) is 37.1 Å². The molecule has 0 saturated heterocycles. The molecular formula is C29H32FN3O4. The largest absolute Gasteiger partial charge is 0.484 e. The van der Waals surface area contributed by atoms with Crippen LogP contribution < -0.4 is 10.1 Å². The first-order valence-corrected chi connectivity index (χ1v) is 12.9. The maximum atomic E-state index is 13.7. The number of amides is 2. The van der Waals surface area contributed by atoms with E-state index in [-0.39, 0.29) is 41.9 Å². The normalized spacial score (nSPS) is 17.0. The van der Waals surface area contributed by atoms with Crippen molar-refractivity contribution in [3.63, 3.8) is 0 Å². The van der Waals surface area contributed by atoms with Gasteiger partial charge < -0.3 is 19.4 Å². The van der Waals surface area contributed by atoms with Gasteiger partial charge in [-0.2, -0.15) is 0 Å². The Bertz CT molecular complexity index is 1270. The summed E-state index contributed by atoms with van der Waals surface area (Å²) in [6, 6.07) is 11.8. The first-order chi connectivity index (χ1) is 17.9. The molecule has 1 fully saturated rings. The van der Waals surface area contributed by atoms with Crippen LogP contribution >= 0.6 is 0 Å². The minimum absolute atomic E-state index is 0.0614. The lowest BCUT2D eigenvalue weighted by molar-refractivity contribution is -0.134. The molecule has 1 saturated carbocycles. The molecular weight excluding hydrogens is 473 g/mol. The highest BCUT2D eigenvalue weighted by atomic mass is 19.1.